The molecule has 2 aliphatic rings. The summed E-state index contributed by atoms with van der Waals surface area (Å²) in [5.41, 5.74) is 7.56. The zero-order valence-electron chi connectivity index (χ0n) is 13.8. The van der Waals surface area contributed by atoms with Gasteiger partial charge in [-0.3, -0.25) is 0 Å². The first-order valence-electron chi connectivity index (χ1n) is 7.91. The van der Waals surface area contributed by atoms with Crippen molar-refractivity contribution in [1.29, 1.82) is 0 Å². The number of aliphatic hydroxyl groups excluding tert-OH is 1. The first-order chi connectivity index (χ1) is 11.9. The molecule has 0 aromatic heterocycles. The molecule has 134 valence electrons. The van der Waals surface area contributed by atoms with Crippen molar-refractivity contribution in [2.75, 3.05) is 18.1 Å². The molecule has 0 amide bonds. The Hall–Kier alpha value is -1.50. The van der Waals surface area contributed by atoms with Crippen LogP contribution in [-0.2, 0) is 4.74 Å². The highest BCUT2D eigenvalue weighted by Crippen LogP contribution is 2.42. The van der Waals surface area contributed by atoms with E-state index >= 15 is 0 Å². The van der Waals surface area contributed by atoms with Crippen molar-refractivity contribution in [3.8, 4) is 5.75 Å². The number of nitrogens with zero attached hydrogens (tertiary/aromatic N) is 1. The minimum atomic E-state index is -0.745. The molecule has 0 saturated carbocycles. The van der Waals surface area contributed by atoms with Crippen molar-refractivity contribution in [3.05, 3.63) is 58.4 Å². The third kappa shape index (κ3) is 3.57. The van der Waals surface area contributed by atoms with Crippen molar-refractivity contribution < 1.29 is 14.6 Å². The Labute approximate surface area is 156 Å². The quantitative estimate of drug-likeness (QED) is 0.785. The molecule has 1 aromatic carbocycles. The summed E-state index contributed by atoms with van der Waals surface area (Å²) in [6.45, 7) is 6.22. The van der Waals surface area contributed by atoms with Crippen LogP contribution in [0.3, 0.4) is 0 Å². The molecular weight excluding hydrogens is 363 g/mol. The summed E-state index contributed by atoms with van der Waals surface area (Å²) in [6, 6.07) is 4.54. The van der Waals surface area contributed by atoms with Gasteiger partial charge in [-0.2, -0.15) is 0 Å². The molecule has 3 atom stereocenters. The fourth-order valence-corrected chi connectivity index (χ4v) is 3.30. The predicted molar refractivity (Wildman–Crippen MR) is 100.0 cm³/mol. The van der Waals surface area contributed by atoms with Crippen molar-refractivity contribution in [2.45, 2.75) is 25.1 Å². The van der Waals surface area contributed by atoms with E-state index < -0.39 is 12.1 Å². The van der Waals surface area contributed by atoms with Crippen LogP contribution in [0.5, 0.6) is 5.75 Å². The Bertz CT molecular complexity index is 748. The van der Waals surface area contributed by atoms with Gasteiger partial charge in [-0.15, -0.1) is 0 Å². The second-order valence-corrected chi connectivity index (χ2v) is 6.90. The second kappa shape index (κ2) is 7.40. The molecule has 25 heavy (non-hydrogen) atoms. The van der Waals surface area contributed by atoms with Gasteiger partial charge in [0, 0.05) is 22.2 Å². The molecule has 3 rings (SSSR count). The van der Waals surface area contributed by atoms with Gasteiger partial charge >= 0.3 is 0 Å². The van der Waals surface area contributed by atoms with Crippen LogP contribution < -0.4 is 15.4 Å². The summed E-state index contributed by atoms with van der Waals surface area (Å²) < 4.78 is 11.5. The SMILES string of the molecule is C=C/C(Cl)=C\C1=C(C)N([C@H]2COC[C@@H](N)[C@@H]2O)c2ccc(Cl)cc2O1. The number of anilines is 1. The molecule has 2 aliphatic heterocycles. The number of hydrogen-bond acceptors (Lipinski definition) is 5. The predicted octanol–water partition coefficient (Wildman–Crippen LogP) is 3.17. The third-order valence-corrected chi connectivity index (χ3v) is 4.85. The van der Waals surface area contributed by atoms with Gasteiger partial charge in [0.15, 0.2) is 5.75 Å². The summed E-state index contributed by atoms with van der Waals surface area (Å²) >= 11 is 12.2. The molecule has 0 radical (unpaired) electrons. The molecule has 1 aromatic rings. The van der Waals surface area contributed by atoms with Gasteiger partial charge < -0.3 is 25.2 Å². The van der Waals surface area contributed by atoms with E-state index in [-0.39, 0.29) is 6.04 Å². The van der Waals surface area contributed by atoms with Crippen LogP contribution in [0.1, 0.15) is 6.92 Å². The van der Waals surface area contributed by atoms with E-state index in [1.54, 1.807) is 18.2 Å². The van der Waals surface area contributed by atoms with Crippen LogP contribution in [0.4, 0.5) is 5.69 Å². The average Bonchev–Trinajstić information content (AvgIpc) is 2.59. The lowest BCUT2D eigenvalue weighted by atomic mass is 9.98. The second-order valence-electron chi connectivity index (χ2n) is 6.03. The topological polar surface area (TPSA) is 68.0 Å². The number of allylic oxidation sites excluding steroid dienone is 4. The molecule has 2 heterocycles. The van der Waals surface area contributed by atoms with Crippen LogP contribution >= 0.6 is 23.2 Å². The maximum absolute atomic E-state index is 10.6. The molecule has 0 aliphatic carbocycles. The Morgan fingerprint density at radius 1 is 1.44 bits per heavy atom. The summed E-state index contributed by atoms with van der Waals surface area (Å²) in [5.74, 6) is 1.12. The number of benzene rings is 1. The largest absolute Gasteiger partial charge is 0.453 e. The standard InChI is InChI=1S/C18H20Cl2N2O3/c1-3-11(19)6-16-10(2)22(15-9-24-8-13(21)18(15)23)14-5-4-12(20)7-17(14)25-16/h3-7,13,15,18,23H,1,8-9,21H2,2H3/b11-6+/t13-,15+,18+/m1/s1. The van der Waals surface area contributed by atoms with Gasteiger partial charge in [-0.1, -0.05) is 35.9 Å². The highest BCUT2D eigenvalue weighted by Gasteiger charge is 2.38. The van der Waals surface area contributed by atoms with Gasteiger partial charge in [0.2, 0.25) is 0 Å². The number of aliphatic hydroxyl groups is 1. The monoisotopic (exact) mass is 382 g/mol. The summed E-state index contributed by atoms with van der Waals surface area (Å²) in [7, 11) is 0. The third-order valence-electron chi connectivity index (χ3n) is 4.35. The number of hydrogen-bond donors (Lipinski definition) is 2. The molecule has 7 heteroatoms. The number of fused-ring (bicyclic) bond motifs is 1. The average molecular weight is 383 g/mol. The lowest BCUT2D eigenvalue weighted by Crippen LogP contribution is -2.59. The first kappa shape index (κ1) is 18.3. The molecule has 0 spiro atoms. The number of ether oxygens (including phenoxy) is 2. The smallest absolute Gasteiger partial charge is 0.152 e. The molecular formula is C18H20Cl2N2O3. The normalized spacial score (nSPS) is 27.0. The van der Waals surface area contributed by atoms with E-state index in [4.69, 9.17) is 38.4 Å². The van der Waals surface area contributed by atoms with Gasteiger partial charge in [0.25, 0.3) is 0 Å². The molecule has 0 bridgehead atoms. The summed E-state index contributed by atoms with van der Waals surface area (Å²) in [5, 5.41) is 11.6. The van der Waals surface area contributed by atoms with Gasteiger partial charge in [0.05, 0.1) is 42.8 Å². The van der Waals surface area contributed by atoms with Crippen LogP contribution in [0, 0.1) is 0 Å². The van der Waals surface area contributed by atoms with Crippen LogP contribution in [0.2, 0.25) is 5.02 Å². The van der Waals surface area contributed by atoms with Crippen molar-refractivity contribution in [2.24, 2.45) is 5.73 Å². The molecule has 0 unspecified atom stereocenters. The minimum absolute atomic E-state index is 0.327. The fraction of sp³-hybridized carbons (Fsp3) is 0.333. The Morgan fingerprint density at radius 2 is 2.20 bits per heavy atom. The van der Waals surface area contributed by atoms with Gasteiger partial charge in [-0.05, 0) is 19.1 Å². The lowest BCUT2D eigenvalue weighted by Gasteiger charge is -2.44. The van der Waals surface area contributed by atoms with Crippen LogP contribution in [0.15, 0.2) is 53.4 Å². The Morgan fingerprint density at radius 3 is 2.92 bits per heavy atom. The van der Waals surface area contributed by atoms with E-state index in [0.717, 1.165) is 11.4 Å². The number of nitrogens with two attached hydrogens (primary N) is 1. The molecule has 1 fully saturated rings. The van der Waals surface area contributed by atoms with E-state index in [1.807, 2.05) is 17.9 Å². The molecule has 1 saturated heterocycles. The summed E-state index contributed by atoms with van der Waals surface area (Å²) in [4.78, 5) is 1.97. The fourth-order valence-electron chi connectivity index (χ4n) is 3.04. The maximum Gasteiger partial charge on any atom is 0.152 e. The van der Waals surface area contributed by atoms with Crippen molar-refractivity contribution in [1.82, 2.24) is 0 Å². The molecule has 3 N–H and O–H groups in total. The van der Waals surface area contributed by atoms with E-state index in [0.29, 0.717) is 34.8 Å². The Kier molecular flexibility index (Phi) is 5.41. The molecule has 5 nitrogen and oxygen atoms in total. The van der Waals surface area contributed by atoms with Crippen LogP contribution in [0.25, 0.3) is 0 Å². The van der Waals surface area contributed by atoms with E-state index in [1.165, 1.54) is 6.08 Å². The maximum atomic E-state index is 10.6. The first-order valence-corrected chi connectivity index (χ1v) is 8.66. The zero-order chi connectivity index (χ0) is 18.1. The summed E-state index contributed by atoms with van der Waals surface area (Å²) in [6.07, 6.45) is 2.46. The lowest BCUT2D eigenvalue weighted by molar-refractivity contribution is -0.0207. The van der Waals surface area contributed by atoms with E-state index in [2.05, 4.69) is 6.58 Å². The highest BCUT2D eigenvalue weighted by atomic mass is 35.5. The Balaban J connectivity index is 2.10. The minimum Gasteiger partial charge on any atom is -0.453 e. The zero-order valence-corrected chi connectivity index (χ0v) is 15.3. The van der Waals surface area contributed by atoms with Gasteiger partial charge in [-0.25, -0.2) is 0 Å². The van der Waals surface area contributed by atoms with Gasteiger partial charge in [0.1, 0.15) is 5.76 Å². The van der Waals surface area contributed by atoms with Crippen molar-refractivity contribution >= 4 is 28.9 Å². The van der Waals surface area contributed by atoms with Crippen molar-refractivity contribution in [3.63, 3.8) is 0 Å². The highest BCUT2D eigenvalue weighted by molar-refractivity contribution is 6.31. The van der Waals surface area contributed by atoms with Crippen LogP contribution in [-0.4, -0.2) is 36.5 Å². The van der Waals surface area contributed by atoms with E-state index in [9.17, 15) is 5.11 Å². The number of halogens is 2. The number of rotatable bonds is 3.